The van der Waals surface area contributed by atoms with Crippen LogP contribution in [0.1, 0.15) is 31.2 Å². The zero-order valence-corrected chi connectivity index (χ0v) is 18.2. The molecule has 1 saturated carbocycles. The second kappa shape index (κ2) is 8.70. The number of piperazine rings is 1. The van der Waals surface area contributed by atoms with Crippen molar-refractivity contribution in [3.63, 3.8) is 0 Å². The van der Waals surface area contributed by atoms with Gasteiger partial charge < -0.3 is 25.3 Å². The van der Waals surface area contributed by atoms with Gasteiger partial charge in [0.1, 0.15) is 5.82 Å². The smallest absolute Gasteiger partial charge is 0.239 e. The number of amides is 1. The number of likely N-dealkylation sites (N-methyl/N-ethyl adjacent to an activating group) is 1. The van der Waals surface area contributed by atoms with Crippen LogP contribution >= 0.6 is 0 Å². The number of nitrogens with zero attached hydrogens (tertiary/aromatic N) is 5. The molecule has 1 aromatic heterocycles. The van der Waals surface area contributed by atoms with E-state index in [9.17, 15) is 4.79 Å². The van der Waals surface area contributed by atoms with Crippen LogP contribution in [0.5, 0.6) is 0 Å². The molecule has 2 aliphatic heterocycles. The molecule has 164 valence electrons. The first-order valence-electron chi connectivity index (χ1n) is 11.4. The highest BCUT2D eigenvalue weighted by molar-refractivity contribution is 5.83. The van der Waals surface area contributed by atoms with Gasteiger partial charge in [0, 0.05) is 61.9 Å². The van der Waals surface area contributed by atoms with Crippen molar-refractivity contribution in [2.45, 2.75) is 38.3 Å². The SMILES string of the molecule is CN1CCN(c2ccc(Nc3ncc4c(n3)N(C3CCCC3)CC(=O)NC4)cc2)CC1. The van der Waals surface area contributed by atoms with E-state index >= 15 is 0 Å². The predicted octanol–water partition coefficient (Wildman–Crippen LogP) is 2.35. The minimum Gasteiger partial charge on any atom is -0.369 e. The van der Waals surface area contributed by atoms with Crippen LogP contribution in [-0.2, 0) is 11.3 Å². The molecule has 8 heteroatoms. The summed E-state index contributed by atoms with van der Waals surface area (Å²) in [5, 5.41) is 6.33. The first kappa shape index (κ1) is 20.1. The fraction of sp³-hybridized carbons (Fsp3) is 0.522. The number of carbonyl (C=O) groups excluding carboxylic acids is 1. The van der Waals surface area contributed by atoms with Gasteiger partial charge in [-0.3, -0.25) is 4.79 Å². The van der Waals surface area contributed by atoms with E-state index in [2.05, 4.69) is 61.6 Å². The molecule has 5 rings (SSSR count). The molecule has 0 atom stereocenters. The molecule has 8 nitrogen and oxygen atoms in total. The van der Waals surface area contributed by atoms with Gasteiger partial charge in [-0.2, -0.15) is 4.98 Å². The van der Waals surface area contributed by atoms with Crippen LogP contribution in [-0.4, -0.2) is 66.6 Å². The van der Waals surface area contributed by atoms with Crippen molar-refractivity contribution in [3.05, 3.63) is 36.0 Å². The summed E-state index contributed by atoms with van der Waals surface area (Å²) in [7, 11) is 2.17. The van der Waals surface area contributed by atoms with Crippen molar-refractivity contribution < 1.29 is 4.79 Å². The number of anilines is 4. The van der Waals surface area contributed by atoms with Gasteiger partial charge >= 0.3 is 0 Å². The summed E-state index contributed by atoms with van der Waals surface area (Å²) in [4.78, 5) is 28.6. The maximum Gasteiger partial charge on any atom is 0.239 e. The highest BCUT2D eigenvalue weighted by atomic mass is 16.2. The Bertz CT molecular complexity index is 918. The number of hydrogen-bond donors (Lipinski definition) is 2. The number of hydrogen-bond acceptors (Lipinski definition) is 7. The van der Waals surface area contributed by atoms with Crippen molar-refractivity contribution in [1.82, 2.24) is 20.2 Å². The molecule has 1 aliphatic carbocycles. The Morgan fingerprint density at radius 3 is 2.55 bits per heavy atom. The highest BCUT2D eigenvalue weighted by Crippen LogP contribution is 2.31. The average molecular weight is 422 g/mol. The standard InChI is InChI=1S/C23H31N7O/c1-28-10-12-29(13-11-28)19-8-6-18(7-9-19)26-23-25-15-17-14-24-21(31)16-30(22(17)27-23)20-4-2-3-5-20/h6-9,15,20H,2-5,10-14,16H2,1H3,(H,24,31)(H,25,26,27). The molecule has 3 heterocycles. The lowest BCUT2D eigenvalue weighted by atomic mass is 10.2. The number of aromatic nitrogens is 2. The van der Waals surface area contributed by atoms with Gasteiger partial charge in [-0.15, -0.1) is 0 Å². The van der Waals surface area contributed by atoms with Crippen LogP contribution in [0.4, 0.5) is 23.1 Å². The fourth-order valence-electron chi connectivity index (χ4n) is 4.78. The molecular formula is C23H31N7O. The number of nitrogens with one attached hydrogen (secondary N) is 2. The van der Waals surface area contributed by atoms with E-state index in [0.717, 1.165) is 56.1 Å². The van der Waals surface area contributed by atoms with E-state index in [1.54, 1.807) is 0 Å². The average Bonchev–Trinajstić information content (AvgIpc) is 3.27. The molecule has 1 saturated heterocycles. The topological polar surface area (TPSA) is 76.6 Å². The minimum atomic E-state index is 0.0545. The van der Waals surface area contributed by atoms with Gasteiger partial charge in [-0.25, -0.2) is 4.98 Å². The molecule has 0 spiro atoms. The quantitative estimate of drug-likeness (QED) is 0.785. The Labute approximate surface area is 183 Å². The van der Waals surface area contributed by atoms with Crippen molar-refractivity contribution in [1.29, 1.82) is 0 Å². The third kappa shape index (κ3) is 4.44. The summed E-state index contributed by atoms with van der Waals surface area (Å²) in [6.45, 7) is 5.16. The number of rotatable bonds is 4. The lowest BCUT2D eigenvalue weighted by Gasteiger charge is -2.34. The summed E-state index contributed by atoms with van der Waals surface area (Å²) in [5.41, 5.74) is 3.19. The zero-order valence-electron chi connectivity index (χ0n) is 18.2. The maximum absolute atomic E-state index is 12.3. The molecule has 0 unspecified atom stereocenters. The van der Waals surface area contributed by atoms with Crippen LogP contribution in [0.2, 0.25) is 0 Å². The van der Waals surface area contributed by atoms with Crippen LogP contribution in [0.3, 0.4) is 0 Å². The maximum atomic E-state index is 12.3. The summed E-state index contributed by atoms with van der Waals surface area (Å²) in [6, 6.07) is 8.87. The molecule has 3 aliphatic rings. The van der Waals surface area contributed by atoms with Gasteiger partial charge in [0.05, 0.1) is 6.54 Å². The Morgan fingerprint density at radius 2 is 1.81 bits per heavy atom. The number of carbonyl (C=O) groups is 1. The first-order valence-corrected chi connectivity index (χ1v) is 11.4. The van der Waals surface area contributed by atoms with Crippen molar-refractivity contribution in [2.75, 3.05) is 54.9 Å². The molecule has 0 bridgehead atoms. The van der Waals surface area contributed by atoms with Crippen LogP contribution < -0.4 is 20.4 Å². The van der Waals surface area contributed by atoms with E-state index in [4.69, 9.17) is 4.98 Å². The van der Waals surface area contributed by atoms with E-state index in [-0.39, 0.29) is 5.91 Å². The molecule has 0 radical (unpaired) electrons. The van der Waals surface area contributed by atoms with E-state index in [1.807, 2.05) is 6.20 Å². The zero-order chi connectivity index (χ0) is 21.2. The van der Waals surface area contributed by atoms with E-state index in [1.165, 1.54) is 18.5 Å². The summed E-state index contributed by atoms with van der Waals surface area (Å²) in [5.74, 6) is 1.51. The highest BCUT2D eigenvalue weighted by Gasteiger charge is 2.30. The molecular weight excluding hydrogens is 390 g/mol. The molecule has 31 heavy (non-hydrogen) atoms. The normalized spacial score (nSPS) is 20.4. The van der Waals surface area contributed by atoms with Crippen molar-refractivity contribution in [2.24, 2.45) is 0 Å². The lowest BCUT2D eigenvalue weighted by Crippen LogP contribution is -2.44. The molecule has 1 amide bonds. The van der Waals surface area contributed by atoms with Crippen LogP contribution in [0.15, 0.2) is 30.5 Å². The first-order chi connectivity index (χ1) is 15.2. The van der Waals surface area contributed by atoms with Crippen LogP contribution in [0, 0.1) is 0 Å². The van der Waals surface area contributed by atoms with Crippen molar-refractivity contribution >= 4 is 29.0 Å². The largest absolute Gasteiger partial charge is 0.369 e. The van der Waals surface area contributed by atoms with Gasteiger partial charge in [0.2, 0.25) is 11.9 Å². The Hall–Kier alpha value is -2.87. The Kier molecular flexibility index (Phi) is 5.63. The van der Waals surface area contributed by atoms with Gasteiger partial charge in [0.25, 0.3) is 0 Å². The second-order valence-electron chi connectivity index (χ2n) is 8.85. The third-order valence-electron chi connectivity index (χ3n) is 6.66. The summed E-state index contributed by atoms with van der Waals surface area (Å²) in [6.07, 6.45) is 6.51. The monoisotopic (exact) mass is 421 g/mol. The van der Waals surface area contributed by atoms with Gasteiger partial charge in [-0.05, 0) is 44.2 Å². The summed E-state index contributed by atoms with van der Waals surface area (Å²) < 4.78 is 0. The summed E-state index contributed by atoms with van der Waals surface area (Å²) >= 11 is 0. The van der Waals surface area contributed by atoms with Crippen molar-refractivity contribution in [3.8, 4) is 0 Å². The minimum absolute atomic E-state index is 0.0545. The lowest BCUT2D eigenvalue weighted by molar-refractivity contribution is -0.119. The third-order valence-corrected chi connectivity index (χ3v) is 6.66. The van der Waals surface area contributed by atoms with Gasteiger partial charge in [-0.1, -0.05) is 12.8 Å². The molecule has 2 aromatic rings. The Morgan fingerprint density at radius 1 is 1.06 bits per heavy atom. The fourth-order valence-corrected chi connectivity index (χ4v) is 4.78. The number of benzene rings is 1. The Balaban J connectivity index is 1.33. The predicted molar refractivity (Wildman–Crippen MR) is 123 cm³/mol. The molecule has 1 aromatic carbocycles. The van der Waals surface area contributed by atoms with E-state index < -0.39 is 0 Å². The second-order valence-corrected chi connectivity index (χ2v) is 8.85. The van der Waals surface area contributed by atoms with Crippen LogP contribution in [0.25, 0.3) is 0 Å². The molecule has 2 fully saturated rings. The molecule has 2 N–H and O–H groups in total. The van der Waals surface area contributed by atoms with Gasteiger partial charge in [0.15, 0.2) is 0 Å². The number of fused-ring (bicyclic) bond motifs is 1. The van der Waals surface area contributed by atoms with E-state index in [0.29, 0.717) is 25.1 Å².